The summed E-state index contributed by atoms with van der Waals surface area (Å²) in [6, 6.07) is 7.84. The van der Waals surface area contributed by atoms with Gasteiger partial charge in [0.1, 0.15) is 5.78 Å². The van der Waals surface area contributed by atoms with Gasteiger partial charge in [-0.2, -0.15) is 0 Å². The first-order chi connectivity index (χ1) is 6.81. The summed E-state index contributed by atoms with van der Waals surface area (Å²) in [5, 5.41) is 9.16. The number of carbonyl (C=O) groups is 1. The number of rotatable bonds is 2. The molecule has 1 aromatic rings. The van der Waals surface area contributed by atoms with Crippen LogP contribution in [0, 0.1) is 0 Å². The maximum absolute atomic E-state index is 11.2. The van der Waals surface area contributed by atoms with Crippen molar-refractivity contribution in [2.75, 3.05) is 0 Å². The lowest BCUT2D eigenvalue weighted by Gasteiger charge is -2.12. The molecular weight excluding hydrogens is 176 g/mol. The molecule has 0 spiro atoms. The fourth-order valence-electron chi connectivity index (χ4n) is 2.16. The van der Waals surface area contributed by atoms with Crippen LogP contribution in [0.3, 0.4) is 0 Å². The number of benzene rings is 1. The summed E-state index contributed by atoms with van der Waals surface area (Å²) in [5.74, 6) is 0.689. The summed E-state index contributed by atoms with van der Waals surface area (Å²) in [6.45, 7) is 0.0703. The quantitative estimate of drug-likeness (QED) is 0.774. The van der Waals surface area contributed by atoms with E-state index in [2.05, 4.69) is 0 Å². The highest BCUT2D eigenvalue weighted by Gasteiger charge is 2.24. The molecule has 2 nitrogen and oxygen atoms in total. The molecule has 0 aromatic heterocycles. The summed E-state index contributed by atoms with van der Waals surface area (Å²) < 4.78 is 0. The topological polar surface area (TPSA) is 37.3 Å². The van der Waals surface area contributed by atoms with Crippen LogP contribution in [0.25, 0.3) is 0 Å². The van der Waals surface area contributed by atoms with Gasteiger partial charge in [-0.05, 0) is 23.5 Å². The van der Waals surface area contributed by atoms with E-state index >= 15 is 0 Å². The summed E-state index contributed by atoms with van der Waals surface area (Å²) in [6.07, 6.45) is 2.29. The third kappa shape index (κ3) is 1.70. The van der Waals surface area contributed by atoms with Gasteiger partial charge >= 0.3 is 0 Å². The highest BCUT2D eigenvalue weighted by Crippen LogP contribution is 2.33. The van der Waals surface area contributed by atoms with Gasteiger partial charge in [0.15, 0.2) is 0 Å². The highest BCUT2D eigenvalue weighted by atomic mass is 16.3. The monoisotopic (exact) mass is 190 g/mol. The van der Waals surface area contributed by atoms with Crippen LogP contribution in [0.5, 0.6) is 0 Å². The average molecular weight is 190 g/mol. The number of hydrogen-bond donors (Lipinski definition) is 1. The number of aliphatic hydroxyl groups is 1. The minimum absolute atomic E-state index is 0.0703. The number of carbonyl (C=O) groups excluding carboxylic acids is 1. The molecule has 1 fully saturated rings. The van der Waals surface area contributed by atoms with Crippen LogP contribution < -0.4 is 0 Å². The Morgan fingerprint density at radius 3 is 2.79 bits per heavy atom. The molecule has 14 heavy (non-hydrogen) atoms. The molecule has 1 aliphatic carbocycles. The van der Waals surface area contributed by atoms with Crippen LogP contribution in [0.2, 0.25) is 0 Å². The van der Waals surface area contributed by atoms with Crippen LogP contribution in [0.4, 0.5) is 0 Å². The zero-order valence-electron chi connectivity index (χ0n) is 8.07. The first kappa shape index (κ1) is 9.41. The van der Waals surface area contributed by atoms with Gasteiger partial charge < -0.3 is 5.11 Å². The van der Waals surface area contributed by atoms with Crippen molar-refractivity contribution in [3.63, 3.8) is 0 Å². The lowest BCUT2D eigenvalue weighted by molar-refractivity contribution is -0.117. The van der Waals surface area contributed by atoms with Gasteiger partial charge in [0.25, 0.3) is 0 Å². The van der Waals surface area contributed by atoms with Crippen molar-refractivity contribution in [2.45, 2.75) is 31.8 Å². The van der Waals surface area contributed by atoms with E-state index in [1.165, 1.54) is 0 Å². The van der Waals surface area contributed by atoms with Crippen LogP contribution in [-0.4, -0.2) is 10.9 Å². The van der Waals surface area contributed by atoms with Gasteiger partial charge in [0.05, 0.1) is 6.61 Å². The Labute approximate surface area is 83.6 Å². The Kier molecular flexibility index (Phi) is 2.64. The molecule has 2 rings (SSSR count). The van der Waals surface area contributed by atoms with Crippen molar-refractivity contribution in [1.29, 1.82) is 0 Å². The third-order valence-electron chi connectivity index (χ3n) is 2.91. The van der Waals surface area contributed by atoms with E-state index in [0.717, 1.165) is 17.5 Å². The lowest BCUT2D eigenvalue weighted by atomic mass is 9.93. The lowest BCUT2D eigenvalue weighted by Crippen LogP contribution is -1.99. The third-order valence-corrected chi connectivity index (χ3v) is 2.91. The van der Waals surface area contributed by atoms with Crippen molar-refractivity contribution in [3.8, 4) is 0 Å². The Morgan fingerprint density at radius 2 is 2.14 bits per heavy atom. The number of ketones is 1. The zero-order chi connectivity index (χ0) is 9.97. The van der Waals surface area contributed by atoms with Crippen LogP contribution in [0.1, 0.15) is 36.3 Å². The Hall–Kier alpha value is -1.15. The SMILES string of the molecule is O=C1CCC(c2ccccc2CO)C1. The second-order valence-electron chi connectivity index (χ2n) is 3.84. The van der Waals surface area contributed by atoms with Crippen molar-refractivity contribution < 1.29 is 9.90 Å². The molecule has 1 aromatic carbocycles. The van der Waals surface area contributed by atoms with Gasteiger partial charge in [0.2, 0.25) is 0 Å². The summed E-state index contributed by atoms with van der Waals surface area (Å²) >= 11 is 0. The van der Waals surface area contributed by atoms with Gasteiger partial charge in [-0.3, -0.25) is 4.79 Å². The minimum atomic E-state index is 0.0703. The first-order valence-corrected chi connectivity index (χ1v) is 5.01. The Morgan fingerprint density at radius 1 is 1.36 bits per heavy atom. The maximum atomic E-state index is 11.2. The van der Waals surface area contributed by atoms with E-state index in [0.29, 0.717) is 24.5 Å². The second kappa shape index (κ2) is 3.93. The molecule has 1 atom stereocenters. The minimum Gasteiger partial charge on any atom is -0.392 e. The second-order valence-corrected chi connectivity index (χ2v) is 3.84. The molecule has 0 amide bonds. The maximum Gasteiger partial charge on any atom is 0.133 e. The number of aliphatic hydroxyl groups excluding tert-OH is 1. The predicted molar refractivity (Wildman–Crippen MR) is 54.0 cm³/mol. The smallest absolute Gasteiger partial charge is 0.133 e. The van der Waals surface area contributed by atoms with Crippen LogP contribution >= 0.6 is 0 Å². The van der Waals surface area contributed by atoms with Crippen molar-refractivity contribution in [2.24, 2.45) is 0 Å². The molecule has 0 aliphatic heterocycles. The standard InChI is InChI=1S/C12H14O2/c13-8-10-3-1-2-4-12(10)9-5-6-11(14)7-9/h1-4,9,13H,5-8H2. The van der Waals surface area contributed by atoms with Gasteiger partial charge in [0, 0.05) is 12.8 Å². The van der Waals surface area contributed by atoms with E-state index in [9.17, 15) is 4.79 Å². The van der Waals surface area contributed by atoms with Crippen molar-refractivity contribution in [1.82, 2.24) is 0 Å². The molecular formula is C12H14O2. The van der Waals surface area contributed by atoms with E-state index < -0.39 is 0 Å². The number of hydrogen-bond acceptors (Lipinski definition) is 2. The molecule has 0 bridgehead atoms. The van der Waals surface area contributed by atoms with Crippen LogP contribution in [-0.2, 0) is 11.4 Å². The normalized spacial score (nSPS) is 21.5. The Balaban J connectivity index is 2.27. The fourth-order valence-corrected chi connectivity index (χ4v) is 2.16. The first-order valence-electron chi connectivity index (χ1n) is 5.01. The largest absolute Gasteiger partial charge is 0.392 e. The van der Waals surface area contributed by atoms with E-state index in [4.69, 9.17) is 5.11 Å². The van der Waals surface area contributed by atoms with Gasteiger partial charge in [-0.1, -0.05) is 24.3 Å². The van der Waals surface area contributed by atoms with Crippen LogP contribution in [0.15, 0.2) is 24.3 Å². The van der Waals surface area contributed by atoms with Gasteiger partial charge in [-0.25, -0.2) is 0 Å². The summed E-state index contributed by atoms with van der Waals surface area (Å²) in [7, 11) is 0. The molecule has 0 heterocycles. The Bertz CT molecular complexity index is 344. The molecule has 0 radical (unpaired) electrons. The zero-order valence-corrected chi connectivity index (χ0v) is 8.07. The molecule has 1 saturated carbocycles. The molecule has 2 heteroatoms. The predicted octanol–water partition coefficient (Wildman–Crippen LogP) is 2.02. The molecule has 1 unspecified atom stereocenters. The van der Waals surface area contributed by atoms with E-state index in [1.807, 2.05) is 24.3 Å². The van der Waals surface area contributed by atoms with Crippen molar-refractivity contribution >= 4 is 5.78 Å². The summed E-state index contributed by atoms with van der Waals surface area (Å²) in [4.78, 5) is 11.2. The van der Waals surface area contributed by atoms with Crippen molar-refractivity contribution in [3.05, 3.63) is 35.4 Å². The molecule has 1 N–H and O–H groups in total. The fraction of sp³-hybridized carbons (Fsp3) is 0.417. The van der Waals surface area contributed by atoms with E-state index in [1.54, 1.807) is 0 Å². The molecule has 0 saturated heterocycles. The number of Topliss-reactive ketones (excluding diaryl/α,β-unsaturated/α-hetero) is 1. The van der Waals surface area contributed by atoms with E-state index in [-0.39, 0.29) is 6.61 Å². The molecule has 74 valence electrons. The van der Waals surface area contributed by atoms with Gasteiger partial charge in [-0.15, -0.1) is 0 Å². The molecule has 1 aliphatic rings. The average Bonchev–Trinajstić information content (AvgIpc) is 2.65. The highest BCUT2D eigenvalue weighted by molar-refractivity contribution is 5.81. The summed E-state index contributed by atoms with van der Waals surface area (Å²) in [5.41, 5.74) is 2.12.